The molecule has 23 heavy (non-hydrogen) atoms. The molecule has 2 heterocycles. The Morgan fingerprint density at radius 3 is 1.65 bits per heavy atom. The van der Waals surface area contributed by atoms with Crippen LogP contribution >= 0.6 is 0 Å². The molecule has 1 spiro atoms. The Kier molecular flexibility index (Phi) is 2.69. The molecule has 0 amide bonds. The van der Waals surface area contributed by atoms with Crippen molar-refractivity contribution in [3.63, 3.8) is 0 Å². The quantitative estimate of drug-likeness (QED) is 0.665. The normalized spacial score (nSPS) is 20.2. The zero-order chi connectivity index (χ0) is 15.3. The van der Waals surface area contributed by atoms with Crippen LogP contribution in [0.3, 0.4) is 0 Å². The van der Waals surface area contributed by atoms with Crippen LogP contribution in [0.15, 0.2) is 59.7 Å². The molecule has 0 radical (unpaired) electrons. The highest BCUT2D eigenvalue weighted by Gasteiger charge is 2.48. The van der Waals surface area contributed by atoms with Gasteiger partial charge in [-0.3, -0.25) is 0 Å². The third-order valence-corrected chi connectivity index (χ3v) is 4.99. The van der Waals surface area contributed by atoms with Gasteiger partial charge < -0.3 is 9.47 Å². The van der Waals surface area contributed by atoms with Crippen molar-refractivity contribution < 1.29 is 9.47 Å². The second kappa shape index (κ2) is 4.76. The van der Waals surface area contributed by atoms with E-state index in [2.05, 4.69) is 36.4 Å². The summed E-state index contributed by atoms with van der Waals surface area (Å²) in [7, 11) is 0. The summed E-state index contributed by atoms with van der Waals surface area (Å²) < 4.78 is 13.0. The molecule has 2 aromatic carbocycles. The molecular formula is C21H18O2. The zero-order valence-corrected chi connectivity index (χ0v) is 12.9. The average molecular weight is 302 g/mol. The molecule has 5 rings (SSSR count). The first-order valence-corrected chi connectivity index (χ1v) is 8.33. The van der Waals surface area contributed by atoms with Crippen molar-refractivity contribution in [2.45, 2.75) is 31.5 Å². The topological polar surface area (TPSA) is 18.5 Å². The monoisotopic (exact) mass is 302 g/mol. The average Bonchev–Trinajstić information content (AvgIpc) is 2.76. The minimum Gasteiger partial charge on any atom is -0.444 e. The van der Waals surface area contributed by atoms with Crippen LogP contribution in [0.4, 0.5) is 0 Å². The van der Waals surface area contributed by atoms with Gasteiger partial charge in [0.15, 0.2) is 0 Å². The summed E-state index contributed by atoms with van der Waals surface area (Å²) in [5.41, 5.74) is 4.79. The standard InChI is InChI=1S/C21H18O2/c1-5-11-19-15(7-1)13-17-9-3-4-10-18-14-16-8-2-6-12-20(16)23-21(17,18)22-19/h1-2,5-8,11-14H,3-4,9-10H2. The van der Waals surface area contributed by atoms with Crippen molar-refractivity contribution in [1.82, 2.24) is 0 Å². The van der Waals surface area contributed by atoms with E-state index < -0.39 is 5.79 Å². The predicted octanol–water partition coefficient (Wildman–Crippen LogP) is 5.21. The van der Waals surface area contributed by atoms with Crippen LogP contribution in [0.1, 0.15) is 36.8 Å². The maximum Gasteiger partial charge on any atom is 0.297 e. The third-order valence-electron chi connectivity index (χ3n) is 4.99. The van der Waals surface area contributed by atoms with E-state index in [0.29, 0.717) is 0 Å². The molecule has 2 aliphatic heterocycles. The van der Waals surface area contributed by atoms with E-state index in [0.717, 1.165) is 35.5 Å². The van der Waals surface area contributed by atoms with Gasteiger partial charge in [-0.15, -0.1) is 0 Å². The van der Waals surface area contributed by atoms with Gasteiger partial charge in [0.1, 0.15) is 11.5 Å². The highest BCUT2D eigenvalue weighted by Crippen LogP contribution is 2.49. The number of hydrogen-bond donors (Lipinski definition) is 0. The predicted molar refractivity (Wildman–Crippen MR) is 91.3 cm³/mol. The van der Waals surface area contributed by atoms with Crippen LogP contribution in [-0.4, -0.2) is 5.79 Å². The SMILES string of the molecule is C1=C2CCCCC3=Cc4ccccc4OC23Oc2ccccc21. The van der Waals surface area contributed by atoms with Crippen LogP contribution in [0, 0.1) is 0 Å². The third kappa shape index (κ3) is 1.88. The molecule has 0 unspecified atom stereocenters. The van der Waals surface area contributed by atoms with Gasteiger partial charge in [-0.05, 0) is 50.0 Å². The fourth-order valence-corrected chi connectivity index (χ4v) is 3.85. The lowest BCUT2D eigenvalue weighted by Gasteiger charge is -2.42. The number of ether oxygens (including phenoxy) is 2. The summed E-state index contributed by atoms with van der Waals surface area (Å²) in [6.45, 7) is 0. The Hall–Kier alpha value is -2.48. The first-order valence-electron chi connectivity index (χ1n) is 8.33. The van der Waals surface area contributed by atoms with Crippen molar-refractivity contribution in [3.05, 3.63) is 70.8 Å². The molecule has 0 saturated heterocycles. The summed E-state index contributed by atoms with van der Waals surface area (Å²) in [6.07, 6.45) is 8.94. The van der Waals surface area contributed by atoms with Gasteiger partial charge in [0.25, 0.3) is 5.79 Å². The van der Waals surface area contributed by atoms with Crippen LogP contribution in [-0.2, 0) is 0 Å². The lowest BCUT2D eigenvalue weighted by atomic mass is 9.88. The van der Waals surface area contributed by atoms with Crippen molar-refractivity contribution >= 4 is 12.2 Å². The van der Waals surface area contributed by atoms with Crippen molar-refractivity contribution in [1.29, 1.82) is 0 Å². The first kappa shape index (κ1) is 13.0. The van der Waals surface area contributed by atoms with E-state index in [4.69, 9.17) is 9.47 Å². The fourth-order valence-electron chi connectivity index (χ4n) is 3.85. The molecule has 114 valence electrons. The molecule has 0 N–H and O–H groups in total. The van der Waals surface area contributed by atoms with Crippen LogP contribution in [0.2, 0.25) is 0 Å². The minimum atomic E-state index is -0.737. The van der Waals surface area contributed by atoms with E-state index in [1.807, 2.05) is 24.3 Å². The fraction of sp³-hybridized carbons (Fsp3) is 0.238. The Morgan fingerprint density at radius 1 is 0.652 bits per heavy atom. The number of rotatable bonds is 0. The second-order valence-electron chi connectivity index (χ2n) is 6.44. The molecule has 1 aliphatic carbocycles. The Morgan fingerprint density at radius 2 is 1.13 bits per heavy atom. The lowest BCUT2D eigenvalue weighted by molar-refractivity contribution is -0.0542. The van der Waals surface area contributed by atoms with Crippen LogP contribution < -0.4 is 9.47 Å². The Bertz CT molecular complexity index is 773. The van der Waals surface area contributed by atoms with Crippen molar-refractivity contribution in [2.24, 2.45) is 0 Å². The molecule has 3 aliphatic rings. The summed E-state index contributed by atoms with van der Waals surface area (Å²) >= 11 is 0. The molecule has 1 saturated carbocycles. The molecule has 0 aromatic heterocycles. The van der Waals surface area contributed by atoms with E-state index in [-0.39, 0.29) is 0 Å². The van der Waals surface area contributed by atoms with Gasteiger partial charge in [0, 0.05) is 22.3 Å². The van der Waals surface area contributed by atoms with Crippen LogP contribution in [0.5, 0.6) is 11.5 Å². The van der Waals surface area contributed by atoms with E-state index in [1.54, 1.807) is 0 Å². The van der Waals surface area contributed by atoms with Crippen LogP contribution in [0.25, 0.3) is 12.2 Å². The zero-order valence-electron chi connectivity index (χ0n) is 12.9. The van der Waals surface area contributed by atoms with Gasteiger partial charge in [0.2, 0.25) is 0 Å². The first-order chi connectivity index (χ1) is 11.4. The number of fused-ring (bicyclic) bond motifs is 2. The smallest absolute Gasteiger partial charge is 0.297 e. The van der Waals surface area contributed by atoms with E-state index >= 15 is 0 Å². The molecule has 0 bridgehead atoms. The lowest BCUT2D eigenvalue weighted by Crippen LogP contribution is -2.48. The van der Waals surface area contributed by atoms with Gasteiger partial charge in [-0.2, -0.15) is 0 Å². The summed E-state index contributed by atoms with van der Waals surface area (Å²) in [4.78, 5) is 0. The number of hydrogen-bond acceptors (Lipinski definition) is 2. The minimum absolute atomic E-state index is 0.737. The highest BCUT2D eigenvalue weighted by atomic mass is 16.7. The molecule has 0 atom stereocenters. The highest BCUT2D eigenvalue weighted by molar-refractivity contribution is 5.72. The Labute approximate surface area is 136 Å². The Balaban J connectivity index is 1.73. The maximum atomic E-state index is 6.51. The number of para-hydroxylation sites is 2. The van der Waals surface area contributed by atoms with Gasteiger partial charge in [0.05, 0.1) is 0 Å². The number of benzene rings is 2. The molecule has 1 fully saturated rings. The van der Waals surface area contributed by atoms with E-state index in [9.17, 15) is 0 Å². The van der Waals surface area contributed by atoms with Crippen molar-refractivity contribution in [3.8, 4) is 11.5 Å². The summed E-state index contributed by atoms with van der Waals surface area (Å²) in [5, 5.41) is 0. The maximum absolute atomic E-state index is 6.51. The second-order valence-corrected chi connectivity index (χ2v) is 6.44. The van der Waals surface area contributed by atoms with Gasteiger partial charge in [-0.25, -0.2) is 0 Å². The molecule has 2 heteroatoms. The largest absolute Gasteiger partial charge is 0.444 e. The van der Waals surface area contributed by atoms with E-state index in [1.165, 1.54) is 24.0 Å². The molecule has 2 nitrogen and oxygen atoms in total. The van der Waals surface area contributed by atoms with Crippen molar-refractivity contribution in [2.75, 3.05) is 0 Å². The summed E-state index contributed by atoms with van der Waals surface area (Å²) in [6, 6.07) is 16.4. The molecular weight excluding hydrogens is 284 g/mol. The van der Waals surface area contributed by atoms with Gasteiger partial charge in [-0.1, -0.05) is 36.4 Å². The molecule has 2 aromatic rings. The summed E-state index contributed by atoms with van der Waals surface area (Å²) in [5.74, 6) is 1.08. The van der Waals surface area contributed by atoms with Gasteiger partial charge >= 0.3 is 0 Å².